The van der Waals surface area contributed by atoms with Crippen LogP contribution in [0.15, 0.2) is 42.5 Å². The van der Waals surface area contributed by atoms with Crippen LogP contribution in [0.25, 0.3) is 11.1 Å². The number of nitrogens with two attached hydrogens (primary N) is 2. The molecule has 2 aromatic rings. The lowest BCUT2D eigenvalue weighted by Gasteiger charge is -2.26. The number of hydrogen-bond acceptors (Lipinski definition) is 5. The molecule has 2 rings (SSSR count). The van der Waals surface area contributed by atoms with Crippen LogP contribution < -0.4 is 16.4 Å². The Morgan fingerprint density at radius 2 is 1.52 bits per heavy atom. The first kappa shape index (κ1) is 15.2. The first-order valence-corrected chi connectivity index (χ1v) is 6.88. The van der Waals surface area contributed by atoms with Crippen LogP contribution in [-0.2, 0) is 0 Å². The second kappa shape index (κ2) is 6.97. The number of aliphatic hydroxyl groups excluding tert-OH is 2. The minimum absolute atomic E-state index is 0.0146. The van der Waals surface area contributed by atoms with Crippen LogP contribution >= 0.6 is 0 Å². The minimum Gasteiger partial charge on any atom is -0.399 e. The van der Waals surface area contributed by atoms with Gasteiger partial charge < -0.3 is 26.6 Å². The van der Waals surface area contributed by atoms with Gasteiger partial charge in [-0.1, -0.05) is 18.2 Å². The van der Waals surface area contributed by atoms with E-state index in [1.54, 1.807) is 12.1 Å². The zero-order valence-corrected chi connectivity index (χ0v) is 11.9. The molecule has 0 aliphatic rings. The van der Waals surface area contributed by atoms with Gasteiger partial charge in [0.05, 0.1) is 13.2 Å². The molecular weight excluding hydrogens is 266 g/mol. The number of para-hydroxylation sites is 1. The summed E-state index contributed by atoms with van der Waals surface area (Å²) in [5, 5.41) is 18.4. The first-order valence-electron chi connectivity index (χ1n) is 6.88. The second-order valence-electron chi connectivity index (χ2n) is 4.80. The standard InChI is InChI=1S/C16H21N3O2/c17-12-5-6-15(18)14(11-12)13-3-1-2-4-16(13)19(7-9-20)8-10-21/h1-6,11,20-21H,7-10,17-18H2. The fraction of sp³-hybridized carbons (Fsp3) is 0.250. The average Bonchev–Trinajstić information content (AvgIpc) is 2.49. The highest BCUT2D eigenvalue weighted by atomic mass is 16.3. The molecule has 0 aromatic heterocycles. The molecule has 0 heterocycles. The lowest BCUT2D eigenvalue weighted by Crippen LogP contribution is -2.30. The van der Waals surface area contributed by atoms with Crippen molar-refractivity contribution in [3.63, 3.8) is 0 Å². The van der Waals surface area contributed by atoms with E-state index in [2.05, 4.69) is 0 Å². The summed E-state index contributed by atoms with van der Waals surface area (Å²) in [6.45, 7) is 0.918. The van der Waals surface area contributed by atoms with E-state index in [0.29, 0.717) is 24.5 Å². The van der Waals surface area contributed by atoms with Crippen molar-refractivity contribution in [3.05, 3.63) is 42.5 Å². The van der Waals surface area contributed by atoms with E-state index in [9.17, 15) is 10.2 Å². The molecule has 0 amide bonds. The Bertz CT molecular complexity index is 596. The number of benzene rings is 2. The van der Waals surface area contributed by atoms with E-state index in [0.717, 1.165) is 16.8 Å². The van der Waals surface area contributed by atoms with Crippen LogP contribution in [0.1, 0.15) is 0 Å². The number of rotatable bonds is 6. The molecule has 0 saturated carbocycles. The predicted octanol–water partition coefficient (Wildman–Crippen LogP) is 1.31. The van der Waals surface area contributed by atoms with Crippen LogP contribution in [0, 0.1) is 0 Å². The molecule has 0 radical (unpaired) electrons. The normalized spacial score (nSPS) is 10.6. The zero-order valence-electron chi connectivity index (χ0n) is 11.9. The van der Waals surface area contributed by atoms with Gasteiger partial charge in [0.25, 0.3) is 0 Å². The zero-order chi connectivity index (χ0) is 15.2. The van der Waals surface area contributed by atoms with Crippen molar-refractivity contribution in [2.45, 2.75) is 0 Å². The Labute approximate surface area is 124 Å². The fourth-order valence-electron chi connectivity index (χ4n) is 2.38. The third kappa shape index (κ3) is 3.45. The van der Waals surface area contributed by atoms with Gasteiger partial charge in [0.2, 0.25) is 0 Å². The summed E-state index contributed by atoms with van der Waals surface area (Å²) in [6, 6.07) is 13.1. The SMILES string of the molecule is Nc1ccc(N)c(-c2ccccc2N(CCO)CCO)c1. The highest BCUT2D eigenvalue weighted by Crippen LogP contribution is 2.35. The summed E-state index contributed by atoms with van der Waals surface area (Å²) in [7, 11) is 0. The Kier molecular flexibility index (Phi) is 5.03. The molecule has 0 aliphatic heterocycles. The summed E-state index contributed by atoms with van der Waals surface area (Å²) < 4.78 is 0. The maximum atomic E-state index is 9.22. The third-order valence-corrected chi connectivity index (χ3v) is 3.35. The topological polar surface area (TPSA) is 95.7 Å². The Morgan fingerprint density at radius 1 is 0.857 bits per heavy atom. The minimum atomic E-state index is 0.0146. The van der Waals surface area contributed by atoms with Crippen LogP contribution in [0.4, 0.5) is 17.1 Å². The van der Waals surface area contributed by atoms with E-state index < -0.39 is 0 Å². The molecule has 21 heavy (non-hydrogen) atoms. The lowest BCUT2D eigenvalue weighted by molar-refractivity contribution is 0.281. The fourth-order valence-corrected chi connectivity index (χ4v) is 2.38. The first-order chi connectivity index (χ1) is 10.2. The van der Waals surface area contributed by atoms with Gasteiger partial charge in [0, 0.05) is 41.3 Å². The monoisotopic (exact) mass is 287 g/mol. The molecule has 0 fully saturated rings. The Hall–Kier alpha value is -2.24. The summed E-state index contributed by atoms with van der Waals surface area (Å²) in [5.41, 5.74) is 15.9. The molecule has 0 saturated heterocycles. The quantitative estimate of drug-likeness (QED) is 0.601. The van der Waals surface area contributed by atoms with Gasteiger partial charge >= 0.3 is 0 Å². The maximum absolute atomic E-state index is 9.22. The molecule has 6 N–H and O–H groups in total. The second-order valence-corrected chi connectivity index (χ2v) is 4.80. The van der Waals surface area contributed by atoms with Crippen molar-refractivity contribution < 1.29 is 10.2 Å². The van der Waals surface area contributed by atoms with Crippen LogP contribution in [-0.4, -0.2) is 36.5 Å². The molecule has 0 bridgehead atoms. The van der Waals surface area contributed by atoms with E-state index in [1.165, 1.54) is 0 Å². The number of anilines is 3. The molecule has 0 unspecified atom stereocenters. The van der Waals surface area contributed by atoms with Gasteiger partial charge in [0.1, 0.15) is 0 Å². The van der Waals surface area contributed by atoms with Crippen molar-refractivity contribution >= 4 is 17.1 Å². The summed E-state index contributed by atoms with van der Waals surface area (Å²) in [4.78, 5) is 1.93. The number of nitrogens with zero attached hydrogens (tertiary/aromatic N) is 1. The van der Waals surface area contributed by atoms with Gasteiger partial charge in [-0.3, -0.25) is 0 Å². The van der Waals surface area contributed by atoms with Crippen LogP contribution in [0.2, 0.25) is 0 Å². The van der Waals surface area contributed by atoms with Crippen molar-refractivity contribution in [2.24, 2.45) is 0 Å². The largest absolute Gasteiger partial charge is 0.399 e. The summed E-state index contributed by atoms with van der Waals surface area (Å²) in [5.74, 6) is 0. The van der Waals surface area contributed by atoms with E-state index in [1.807, 2.05) is 35.2 Å². The lowest BCUT2D eigenvalue weighted by atomic mass is 10.0. The molecule has 5 nitrogen and oxygen atoms in total. The van der Waals surface area contributed by atoms with Crippen LogP contribution in [0.3, 0.4) is 0 Å². The highest BCUT2D eigenvalue weighted by molar-refractivity contribution is 5.87. The third-order valence-electron chi connectivity index (χ3n) is 3.35. The van der Waals surface area contributed by atoms with E-state index in [-0.39, 0.29) is 13.2 Å². The molecule has 0 atom stereocenters. The number of aliphatic hydroxyl groups is 2. The smallest absolute Gasteiger partial charge is 0.0606 e. The number of nitrogen functional groups attached to an aromatic ring is 2. The number of hydrogen-bond donors (Lipinski definition) is 4. The molecule has 5 heteroatoms. The van der Waals surface area contributed by atoms with Crippen molar-refractivity contribution in [1.29, 1.82) is 0 Å². The molecule has 2 aromatic carbocycles. The van der Waals surface area contributed by atoms with E-state index in [4.69, 9.17) is 11.5 Å². The average molecular weight is 287 g/mol. The summed E-state index contributed by atoms with van der Waals surface area (Å²) >= 11 is 0. The molecule has 0 aliphatic carbocycles. The van der Waals surface area contributed by atoms with Crippen molar-refractivity contribution in [1.82, 2.24) is 0 Å². The van der Waals surface area contributed by atoms with Crippen molar-refractivity contribution in [2.75, 3.05) is 42.7 Å². The van der Waals surface area contributed by atoms with Gasteiger partial charge in [-0.15, -0.1) is 0 Å². The van der Waals surface area contributed by atoms with Gasteiger partial charge in [-0.05, 0) is 24.3 Å². The van der Waals surface area contributed by atoms with Gasteiger partial charge in [0.15, 0.2) is 0 Å². The Balaban J connectivity index is 2.51. The molecule has 112 valence electrons. The maximum Gasteiger partial charge on any atom is 0.0606 e. The molecular formula is C16H21N3O2. The van der Waals surface area contributed by atoms with Crippen LogP contribution in [0.5, 0.6) is 0 Å². The predicted molar refractivity (Wildman–Crippen MR) is 87.1 cm³/mol. The van der Waals surface area contributed by atoms with E-state index >= 15 is 0 Å². The van der Waals surface area contributed by atoms with Gasteiger partial charge in [-0.2, -0.15) is 0 Å². The summed E-state index contributed by atoms with van der Waals surface area (Å²) in [6.07, 6.45) is 0. The Morgan fingerprint density at radius 3 is 2.19 bits per heavy atom. The van der Waals surface area contributed by atoms with Crippen molar-refractivity contribution in [3.8, 4) is 11.1 Å². The van der Waals surface area contributed by atoms with Gasteiger partial charge in [-0.25, -0.2) is 0 Å². The highest BCUT2D eigenvalue weighted by Gasteiger charge is 2.13. The molecule has 0 spiro atoms.